The number of para-hydroxylation sites is 1. The highest BCUT2D eigenvalue weighted by molar-refractivity contribution is 5.96. The van der Waals surface area contributed by atoms with Gasteiger partial charge in [-0.3, -0.25) is 30.1 Å². The van der Waals surface area contributed by atoms with Crippen molar-refractivity contribution >= 4 is 23.4 Å². The molecule has 1 aromatic carbocycles. The number of nitrogens with zero attached hydrogens (tertiary/aromatic N) is 4. The second kappa shape index (κ2) is 12.0. The van der Waals surface area contributed by atoms with Crippen LogP contribution in [0.1, 0.15) is 32.1 Å². The third kappa shape index (κ3) is 5.57. The van der Waals surface area contributed by atoms with Crippen molar-refractivity contribution in [3.05, 3.63) is 30.3 Å². The van der Waals surface area contributed by atoms with Crippen LogP contribution in [0.15, 0.2) is 30.3 Å². The van der Waals surface area contributed by atoms with Crippen LogP contribution in [-0.2, 0) is 19.1 Å². The van der Waals surface area contributed by atoms with E-state index in [0.29, 0.717) is 51.1 Å². The Bertz CT molecular complexity index is 1060. The number of benzene rings is 1. The highest BCUT2D eigenvalue weighted by Gasteiger charge is 2.54. The lowest BCUT2D eigenvalue weighted by Crippen LogP contribution is -2.58. The van der Waals surface area contributed by atoms with E-state index in [0.717, 1.165) is 64.3 Å². The maximum absolute atomic E-state index is 14.0. The maximum atomic E-state index is 14.0. The lowest BCUT2D eigenvalue weighted by atomic mass is 9.77. The summed E-state index contributed by atoms with van der Waals surface area (Å²) in [5, 5.41) is 3.00. The molecular weight excluding hydrogens is 510 g/mol. The van der Waals surface area contributed by atoms with Gasteiger partial charge in [-0.15, -0.1) is 0 Å². The zero-order valence-corrected chi connectivity index (χ0v) is 23.4. The maximum Gasteiger partial charge on any atom is 0.250 e. The minimum Gasteiger partial charge on any atom is -0.379 e. The number of amides is 3. The number of carbonyl (C=O) groups is 3. The quantitative estimate of drug-likeness (QED) is 0.433. The summed E-state index contributed by atoms with van der Waals surface area (Å²) >= 11 is 0. The summed E-state index contributed by atoms with van der Waals surface area (Å²) in [5.74, 6) is 0.686. The average Bonchev–Trinajstić information content (AvgIpc) is 3.57. The Balaban J connectivity index is 1.08. The number of rotatable bonds is 7. The van der Waals surface area contributed by atoms with E-state index in [2.05, 4.69) is 26.0 Å². The van der Waals surface area contributed by atoms with Crippen LogP contribution >= 0.6 is 0 Å². The first-order chi connectivity index (χ1) is 19.5. The first kappa shape index (κ1) is 27.4. The SMILES string of the molecule is O=C(CN1CN(c2ccccc2)C2(CCN(C(=O)C3CCC4NNCC4C3)CC2)C1=O)NCCN1CCOCC1. The van der Waals surface area contributed by atoms with Crippen LogP contribution < -0.4 is 21.1 Å². The van der Waals surface area contributed by atoms with Crippen molar-refractivity contribution in [3.63, 3.8) is 0 Å². The highest BCUT2D eigenvalue weighted by atomic mass is 16.5. The molecule has 1 spiro atoms. The second-order valence-corrected chi connectivity index (χ2v) is 12.0. The summed E-state index contributed by atoms with van der Waals surface area (Å²) in [4.78, 5) is 48.5. The van der Waals surface area contributed by atoms with Gasteiger partial charge >= 0.3 is 0 Å². The lowest BCUT2D eigenvalue weighted by Gasteiger charge is -2.44. The summed E-state index contributed by atoms with van der Waals surface area (Å²) in [7, 11) is 0. The van der Waals surface area contributed by atoms with Gasteiger partial charge in [0.25, 0.3) is 5.91 Å². The van der Waals surface area contributed by atoms with Gasteiger partial charge in [-0.2, -0.15) is 0 Å². The predicted molar refractivity (Wildman–Crippen MR) is 150 cm³/mol. The van der Waals surface area contributed by atoms with Crippen molar-refractivity contribution in [2.45, 2.75) is 43.7 Å². The summed E-state index contributed by atoms with van der Waals surface area (Å²) < 4.78 is 5.39. The molecule has 6 rings (SSSR count). The molecule has 4 saturated heterocycles. The fourth-order valence-electron chi connectivity index (χ4n) is 7.31. The molecule has 3 atom stereocenters. The Morgan fingerprint density at radius 2 is 1.82 bits per heavy atom. The lowest BCUT2D eigenvalue weighted by molar-refractivity contribution is -0.142. The number of fused-ring (bicyclic) bond motifs is 1. The normalized spacial score (nSPS) is 28.6. The van der Waals surface area contributed by atoms with Gasteiger partial charge in [0.2, 0.25) is 11.8 Å². The molecule has 11 heteroatoms. The Morgan fingerprint density at radius 3 is 2.60 bits per heavy atom. The van der Waals surface area contributed by atoms with Crippen LogP contribution in [0, 0.1) is 11.8 Å². The Hall–Kier alpha value is -2.73. The summed E-state index contributed by atoms with van der Waals surface area (Å²) in [5.41, 5.74) is 6.83. The summed E-state index contributed by atoms with van der Waals surface area (Å²) in [6, 6.07) is 10.5. The first-order valence-electron chi connectivity index (χ1n) is 15.0. The highest BCUT2D eigenvalue weighted by Crippen LogP contribution is 2.40. The van der Waals surface area contributed by atoms with Gasteiger partial charge < -0.3 is 24.8 Å². The fourth-order valence-corrected chi connectivity index (χ4v) is 7.31. The van der Waals surface area contributed by atoms with E-state index in [-0.39, 0.29) is 30.2 Å². The zero-order valence-electron chi connectivity index (χ0n) is 23.4. The molecule has 1 saturated carbocycles. The third-order valence-corrected chi connectivity index (χ3v) is 9.66. The smallest absolute Gasteiger partial charge is 0.250 e. The van der Waals surface area contributed by atoms with E-state index in [1.54, 1.807) is 4.90 Å². The van der Waals surface area contributed by atoms with Gasteiger partial charge in [-0.25, -0.2) is 0 Å². The number of ether oxygens (including phenoxy) is 1. The molecule has 4 heterocycles. The first-order valence-corrected chi connectivity index (χ1v) is 15.0. The van der Waals surface area contributed by atoms with Crippen molar-refractivity contribution < 1.29 is 19.1 Å². The van der Waals surface area contributed by atoms with Crippen molar-refractivity contribution in [2.75, 3.05) is 77.1 Å². The van der Waals surface area contributed by atoms with Crippen LogP contribution in [0.5, 0.6) is 0 Å². The number of hydrogen-bond donors (Lipinski definition) is 3. The summed E-state index contributed by atoms with van der Waals surface area (Å²) in [6.45, 7) is 7.03. The number of hydrogen-bond acceptors (Lipinski definition) is 8. The largest absolute Gasteiger partial charge is 0.379 e. The Morgan fingerprint density at radius 1 is 1.05 bits per heavy atom. The van der Waals surface area contributed by atoms with Crippen LogP contribution in [0.25, 0.3) is 0 Å². The van der Waals surface area contributed by atoms with Crippen molar-refractivity contribution in [3.8, 4) is 0 Å². The monoisotopic (exact) mass is 553 g/mol. The van der Waals surface area contributed by atoms with Gasteiger partial charge in [0.1, 0.15) is 12.1 Å². The standard InChI is InChI=1S/C29H43N7O4/c37-26(30-10-13-33-14-16-40-17-15-33)20-35-21-36(24-4-2-1-3-5-24)29(28(35)39)8-11-34(12-9-29)27(38)22-6-7-25-23(18-22)19-31-32-25/h1-5,22-23,25,31-32H,6-21H2,(H,30,37). The predicted octanol–water partition coefficient (Wildman–Crippen LogP) is -0.00500. The van der Waals surface area contributed by atoms with Crippen LogP contribution in [0.4, 0.5) is 5.69 Å². The summed E-state index contributed by atoms with van der Waals surface area (Å²) in [6.07, 6.45) is 4.01. The second-order valence-electron chi connectivity index (χ2n) is 12.0. The zero-order chi connectivity index (χ0) is 27.5. The van der Waals surface area contributed by atoms with Gasteiger partial charge in [0, 0.05) is 63.5 Å². The number of morpholine rings is 1. The average molecular weight is 554 g/mol. The van der Waals surface area contributed by atoms with Crippen LogP contribution in [0.2, 0.25) is 0 Å². The fraction of sp³-hybridized carbons (Fsp3) is 0.690. The Labute approximate surface area is 236 Å². The molecule has 3 unspecified atom stereocenters. The van der Waals surface area contributed by atoms with Crippen molar-refractivity contribution in [1.82, 2.24) is 30.9 Å². The van der Waals surface area contributed by atoms with Gasteiger partial charge in [0.05, 0.1) is 19.9 Å². The topological polar surface area (TPSA) is 109 Å². The minimum atomic E-state index is -0.733. The molecule has 0 radical (unpaired) electrons. The molecule has 40 heavy (non-hydrogen) atoms. The molecule has 1 aromatic rings. The van der Waals surface area contributed by atoms with Crippen LogP contribution in [0.3, 0.4) is 0 Å². The minimum absolute atomic E-state index is 0.00426. The Kier molecular flexibility index (Phi) is 8.25. The number of nitrogens with one attached hydrogen (secondary N) is 3. The molecule has 0 bridgehead atoms. The molecule has 0 aromatic heterocycles. The molecule has 5 fully saturated rings. The van der Waals surface area contributed by atoms with Gasteiger partial charge in [-0.1, -0.05) is 18.2 Å². The molecule has 218 valence electrons. The van der Waals surface area contributed by atoms with E-state index in [4.69, 9.17) is 4.74 Å². The molecular formula is C29H43N7O4. The number of anilines is 1. The number of hydrazine groups is 1. The van der Waals surface area contributed by atoms with Gasteiger partial charge in [-0.05, 0) is 50.2 Å². The van der Waals surface area contributed by atoms with Crippen LogP contribution in [-0.4, -0.2) is 116 Å². The number of piperidine rings is 1. The molecule has 3 N–H and O–H groups in total. The van der Waals surface area contributed by atoms with E-state index in [1.165, 1.54) is 0 Å². The van der Waals surface area contributed by atoms with E-state index >= 15 is 0 Å². The molecule has 11 nitrogen and oxygen atoms in total. The van der Waals surface area contributed by atoms with E-state index < -0.39 is 5.54 Å². The molecule has 3 amide bonds. The molecule has 4 aliphatic heterocycles. The van der Waals surface area contributed by atoms with Crippen molar-refractivity contribution in [2.24, 2.45) is 11.8 Å². The van der Waals surface area contributed by atoms with Crippen molar-refractivity contribution in [1.29, 1.82) is 0 Å². The van der Waals surface area contributed by atoms with E-state index in [9.17, 15) is 14.4 Å². The van der Waals surface area contributed by atoms with E-state index in [1.807, 2.05) is 35.2 Å². The van der Waals surface area contributed by atoms with Gasteiger partial charge in [0.15, 0.2) is 0 Å². The third-order valence-electron chi connectivity index (χ3n) is 9.66. The number of likely N-dealkylation sites (tertiary alicyclic amines) is 1. The number of carbonyl (C=O) groups excluding carboxylic acids is 3. The molecule has 1 aliphatic carbocycles. The molecule has 5 aliphatic rings.